The van der Waals surface area contributed by atoms with E-state index >= 15 is 0 Å². The summed E-state index contributed by atoms with van der Waals surface area (Å²) < 4.78 is 0. The molecule has 0 bridgehead atoms. The molecule has 0 saturated heterocycles. The monoisotopic (exact) mass is 292 g/mol. The van der Waals surface area contributed by atoms with E-state index in [0.717, 1.165) is 17.1 Å². The van der Waals surface area contributed by atoms with Crippen LogP contribution in [-0.2, 0) is 10.5 Å². The van der Waals surface area contributed by atoms with Gasteiger partial charge >= 0.3 is 0 Å². The Labute approximate surface area is 123 Å². The number of carbonyl (C=O) groups excluding carboxylic acids is 1. The minimum absolute atomic E-state index is 0.146. The summed E-state index contributed by atoms with van der Waals surface area (Å²) in [4.78, 5) is 16.4. The Balaban J connectivity index is 1.54. The Kier molecular flexibility index (Phi) is 4.27. The fourth-order valence-corrected chi connectivity index (χ4v) is 4.00. The van der Waals surface area contributed by atoms with E-state index in [9.17, 15) is 4.79 Å². The number of aromatic nitrogens is 1. The van der Waals surface area contributed by atoms with E-state index in [2.05, 4.69) is 10.3 Å². The fraction of sp³-hybridized carbons (Fsp3) is 0.600. The van der Waals surface area contributed by atoms with Crippen molar-refractivity contribution in [3.8, 4) is 0 Å². The predicted molar refractivity (Wildman–Crippen MR) is 80.4 cm³/mol. The maximum absolute atomic E-state index is 12.2. The zero-order valence-electron chi connectivity index (χ0n) is 11.4. The normalized spacial score (nSPS) is 27.1. The van der Waals surface area contributed by atoms with E-state index in [4.69, 9.17) is 5.11 Å². The second-order valence-corrected chi connectivity index (χ2v) is 6.70. The molecule has 0 aliphatic heterocycles. The number of carbonyl (C=O) groups is 1. The van der Waals surface area contributed by atoms with Crippen molar-refractivity contribution in [3.05, 3.63) is 23.9 Å². The van der Waals surface area contributed by atoms with Crippen LogP contribution in [-0.4, -0.2) is 28.4 Å². The van der Waals surface area contributed by atoms with Gasteiger partial charge in [-0.2, -0.15) is 11.8 Å². The Morgan fingerprint density at radius 3 is 3.00 bits per heavy atom. The SMILES string of the molecule is O=C(Nc1cc(CSCCO)ccn1)C1C2CCCC21. The van der Waals surface area contributed by atoms with Crippen LogP contribution in [0, 0.1) is 17.8 Å². The molecule has 1 aromatic heterocycles. The molecule has 108 valence electrons. The smallest absolute Gasteiger partial charge is 0.229 e. The highest BCUT2D eigenvalue weighted by molar-refractivity contribution is 7.98. The minimum atomic E-state index is 0.146. The highest BCUT2D eigenvalue weighted by Gasteiger charge is 2.56. The van der Waals surface area contributed by atoms with E-state index in [1.54, 1.807) is 18.0 Å². The summed E-state index contributed by atoms with van der Waals surface area (Å²) >= 11 is 1.68. The lowest BCUT2D eigenvalue weighted by atomic mass is 10.1. The van der Waals surface area contributed by atoms with Gasteiger partial charge in [-0.1, -0.05) is 6.42 Å². The molecule has 1 aromatic rings. The van der Waals surface area contributed by atoms with Gasteiger partial charge in [0.1, 0.15) is 5.82 Å². The molecule has 1 amide bonds. The first-order valence-corrected chi connectivity index (χ1v) is 8.39. The van der Waals surface area contributed by atoms with Gasteiger partial charge in [0.15, 0.2) is 0 Å². The van der Waals surface area contributed by atoms with Crippen LogP contribution in [0.4, 0.5) is 5.82 Å². The van der Waals surface area contributed by atoms with Crippen LogP contribution in [0.15, 0.2) is 18.3 Å². The summed E-state index contributed by atoms with van der Waals surface area (Å²) in [5.74, 6) is 3.87. The zero-order chi connectivity index (χ0) is 13.9. The highest BCUT2D eigenvalue weighted by atomic mass is 32.2. The third kappa shape index (κ3) is 2.99. The molecule has 2 atom stereocenters. The quantitative estimate of drug-likeness (QED) is 0.790. The van der Waals surface area contributed by atoms with Crippen LogP contribution in [0.1, 0.15) is 24.8 Å². The van der Waals surface area contributed by atoms with E-state index in [0.29, 0.717) is 17.7 Å². The maximum Gasteiger partial charge on any atom is 0.229 e. The highest BCUT2D eigenvalue weighted by Crippen LogP contribution is 2.57. The molecule has 1 heterocycles. The molecule has 2 aliphatic carbocycles. The average Bonchev–Trinajstić information content (AvgIpc) is 2.94. The first-order chi connectivity index (χ1) is 9.79. The third-order valence-corrected chi connectivity index (χ3v) is 5.30. The lowest BCUT2D eigenvalue weighted by molar-refractivity contribution is -0.118. The van der Waals surface area contributed by atoms with Crippen LogP contribution < -0.4 is 5.32 Å². The summed E-state index contributed by atoms with van der Waals surface area (Å²) in [7, 11) is 0. The van der Waals surface area contributed by atoms with Crippen molar-refractivity contribution in [2.45, 2.75) is 25.0 Å². The number of thioether (sulfide) groups is 1. The third-order valence-electron chi connectivity index (χ3n) is 4.29. The van der Waals surface area contributed by atoms with Crippen LogP contribution >= 0.6 is 11.8 Å². The lowest BCUT2D eigenvalue weighted by Gasteiger charge is -2.07. The van der Waals surface area contributed by atoms with Gasteiger partial charge in [0.05, 0.1) is 6.61 Å². The van der Waals surface area contributed by atoms with Crippen molar-refractivity contribution >= 4 is 23.5 Å². The zero-order valence-corrected chi connectivity index (χ0v) is 12.2. The molecule has 2 saturated carbocycles. The molecule has 0 radical (unpaired) electrons. The van der Waals surface area contributed by atoms with E-state index in [-0.39, 0.29) is 18.4 Å². The van der Waals surface area contributed by atoms with Gasteiger partial charge in [0.2, 0.25) is 5.91 Å². The van der Waals surface area contributed by atoms with Crippen molar-refractivity contribution in [2.24, 2.45) is 17.8 Å². The Hall–Kier alpha value is -1.07. The molecular weight excluding hydrogens is 272 g/mol. The predicted octanol–water partition coefficient (Wildman–Crippen LogP) is 2.29. The molecule has 0 spiro atoms. The number of hydrogen-bond acceptors (Lipinski definition) is 4. The lowest BCUT2D eigenvalue weighted by Crippen LogP contribution is -2.17. The number of amides is 1. The summed E-state index contributed by atoms with van der Waals surface area (Å²) in [5, 5.41) is 11.7. The molecule has 4 nitrogen and oxygen atoms in total. The van der Waals surface area contributed by atoms with E-state index < -0.39 is 0 Å². The van der Waals surface area contributed by atoms with Crippen molar-refractivity contribution < 1.29 is 9.90 Å². The molecule has 3 rings (SSSR count). The van der Waals surface area contributed by atoms with Crippen molar-refractivity contribution in [3.63, 3.8) is 0 Å². The number of anilines is 1. The topological polar surface area (TPSA) is 62.2 Å². The first kappa shape index (κ1) is 13.9. The number of nitrogens with one attached hydrogen (secondary N) is 1. The Bertz CT molecular complexity index is 485. The number of nitrogens with zero attached hydrogens (tertiary/aromatic N) is 1. The summed E-state index contributed by atoms with van der Waals surface area (Å²) in [6, 6.07) is 3.88. The van der Waals surface area contributed by atoms with Crippen LogP contribution in [0.5, 0.6) is 0 Å². The molecule has 0 aromatic carbocycles. The molecular formula is C15H20N2O2S. The van der Waals surface area contributed by atoms with Crippen LogP contribution in [0.25, 0.3) is 0 Å². The maximum atomic E-state index is 12.2. The molecule has 2 N–H and O–H groups in total. The number of aliphatic hydroxyl groups excluding tert-OH is 1. The number of pyridine rings is 1. The molecule has 5 heteroatoms. The van der Waals surface area contributed by atoms with Crippen LogP contribution in [0.3, 0.4) is 0 Å². The second-order valence-electron chi connectivity index (χ2n) is 5.60. The van der Waals surface area contributed by atoms with Crippen molar-refractivity contribution in [1.29, 1.82) is 0 Å². The minimum Gasteiger partial charge on any atom is -0.396 e. The van der Waals surface area contributed by atoms with Crippen LogP contribution in [0.2, 0.25) is 0 Å². The summed E-state index contributed by atoms with van der Waals surface area (Å²) in [6.07, 6.45) is 5.45. The second kappa shape index (κ2) is 6.14. The van der Waals surface area contributed by atoms with Gasteiger partial charge in [0, 0.05) is 23.6 Å². The Morgan fingerprint density at radius 2 is 2.25 bits per heavy atom. The number of hydrogen-bond donors (Lipinski definition) is 2. The Morgan fingerprint density at radius 1 is 1.45 bits per heavy atom. The van der Waals surface area contributed by atoms with Gasteiger partial charge in [-0.15, -0.1) is 0 Å². The molecule has 20 heavy (non-hydrogen) atoms. The van der Waals surface area contributed by atoms with Crippen molar-refractivity contribution in [2.75, 3.05) is 17.7 Å². The fourth-order valence-electron chi connectivity index (χ4n) is 3.31. The summed E-state index contributed by atoms with van der Waals surface area (Å²) in [5.41, 5.74) is 1.13. The molecule has 2 aliphatic rings. The van der Waals surface area contributed by atoms with Gasteiger partial charge < -0.3 is 10.4 Å². The molecule has 2 unspecified atom stereocenters. The number of fused-ring (bicyclic) bond motifs is 1. The standard InChI is InChI=1S/C15H20N2O2S/c18-6-7-20-9-10-4-5-16-13(8-10)17-15(19)14-11-2-1-3-12(11)14/h4-5,8,11-12,14,18H,1-3,6-7,9H2,(H,16,17,19). The van der Waals surface area contributed by atoms with E-state index in [1.807, 2.05) is 12.1 Å². The number of aliphatic hydroxyl groups is 1. The van der Waals surface area contributed by atoms with E-state index in [1.165, 1.54) is 19.3 Å². The molecule has 2 fully saturated rings. The average molecular weight is 292 g/mol. The van der Waals surface area contributed by atoms with Crippen molar-refractivity contribution in [1.82, 2.24) is 4.98 Å². The number of rotatable bonds is 6. The van der Waals surface area contributed by atoms with Gasteiger partial charge in [-0.3, -0.25) is 4.79 Å². The summed E-state index contributed by atoms with van der Waals surface area (Å²) in [6.45, 7) is 0.198. The van der Waals surface area contributed by atoms with Gasteiger partial charge in [-0.25, -0.2) is 4.98 Å². The largest absolute Gasteiger partial charge is 0.396 e. The van der Waals surface area contributed by atoms with Gasteiger partial charge in [-0.05, 0) is 42.4 Å². The first-order valence-electron chi connectivity index (χ1n) is 7.24. The van der Waals surface area contributed by atoms with Gasteiger partial charge in [0.25, 0.3) is 0 Å².